The summed E-state index contributed by atoms with van der Waals surface area (Å²) in [7, 11) is 1.61. The normalized spacial score (nSPS) is 14.6. The van der Waals surface area contributed by atoms with Crippen LogP contribution in [0.4, 0.5) is 5.88 Å². The third kappa shape index (κ3) is 5.09. The molecule has 1 saturated heterocycles. The monoisotopic (exact) mass is 463 g/mol. The van der Waals surface area contributed by atoms with Gasteiger partial charge in [-0.25, -0.2) is 0 Å². The molecule has 4 rings (SSSR count). The second kappa shape index (κ2) is 10.7. The molecule has 1 fully saturated rings. The van der Waals surface area contributed by atoms with Gasteiger partial charge in [-0.1, -0.05) is 41.9 Å². The number of hydrogen-bond acceptors (Lipinski definition) is 6. The summed E-state index contributed by atoms with van der Waals surface area (Å²) in [6.45, 7) is 9.34. The fourth-order valence-corrected chi connectivity index (χ4v) is 4.22. The summed E-state index contributed by atoms with van der Waals surface area (Å²) < 4.78 is 16.8. The highest BCUT2D eigenvalue weighted by Gasteiger charge is 2.29. The predicted molar refractivity (Wildman–Crippen MR) is 132 cm³/mol. The van der Waals surface area contributed by atoms with Crippen LogP contribution in [0.1, 0.15) is 41.8 Å². The molecule has 3 aromatic rings. The molecule has 0 radical (unpaired) electrons. The molecule has 2 aromatic carbocycles. The number of anilines is 1. The van der Waals surface area contributed by atoms with Crippen molar-refractivity contribution in [2.75, 3.05) is 38.3 Å². The van der Waals surface area contributed by atoms with E-state index >= 15 is 0 Å². The second-order valence-electron chi connectivity index (χ2n) is 8.71. The summed E-state index contributed by atoms with van der Waals surface area (Å²) in [5, 5.41) is 4.48. The number of rotatable bonds is 8. The third-order valence-electron chi connectivity index (χ3n) is 6.39. The first kappa shape index (κ1) is 23.8. The van der Waals surface area contributed by atoms with E-state index in [4.69, 9.17) is 14.0 Å². The standard InChI is InChI=1S/C27H33N3O4/c1-5-20(3)30(26(31)22-10-7-11-23(17-22)32-4)18-24-25(21-9-6-8-19(2)16-21)28-34-27(24)29-12-14-33-15-13-29/h6-11,16-17,20H,5,12-15,18H2,1-4H3/t20-/m0/s1. The quantitative estimate of drug-likeness (QED) is 0.472. The maximum Gasteiger partial charge on any atom is 0.254 e. The number of aryl methyl sites for hydroxylation is 1. The summed E-state index contributed by atoms with van der Waals surface area (Å²) in [4.78, 5) is 17.8. The van der Waals surface area contributed by atoms with Gasteiger partial charge in [-0.15, -0.1) is 0 Å². The van der Waals surface area contributed by atoms with E-state index in [-0.39, 0.29) is 11.9 Å². The van der Waals surface area contributed by atoms with Crippen LogP contribution in [0.25, 0.3) is 11.3 Å². The zero-order valence-electron chi connectivity index (χ0n) is 20.4. The Morgan fingerprint density at radius 3 is 2.65 bits per heavy atom. The number of amides is 1. The molecule has 7 heteroatoms. The second-order valence-corrected chi connectivity index (χ2v) is 8.71. The molecule has 1 amide bonds. The molecule has 1 atom stereocenters. The average Bonchev–Trinajstić information content (AvgIpc) is 3.30. The molecule has 0 N–H and O–H groups in total. The van der Waals surface area contributed by atoms with Crippen LogP contribution in [0, 0.1) is 6.92 Å². The van der Waals surface area contributed by atoms with Gasteiger partial charge in [-0.3, -0.25) is 4.79 Å². The highest BCUT2D eigenvalue weighted by atomic mass is 16.5. The summed E-state index contributed by atoms with van der Waals surface area (Å²) in [6.07, 6.45) is 0.827. The Bertz CT molecular complexity index is 1120. The van der Waals surface area contributed by atoms with E-state index in [1.165, 1.54) is 0 Å². The van der Waals surface area contributed by atoms with Gasteiger partial charge in [0.05, 0.1) is 32.4 Å². The number of aromatic nitrogens is 1. The van der Waals surface area contributed by atoms with Gasteiger partial charge in [0.2, 0.25) is 5.88 Å². The number of morpholine rings is 1. The molecule has 0 saturated carbocycles. The van der Waals surface area contributed by atoms with E-state index in [1.807, 2.05) is 35.2 Å². The van der Waals surface area contributed by atoms with E-state index in [9.17, 15) is 4.79 Å². The molecule has 7 nitrogen and oxygen atoms in total. The first-order valence-electron chi connectivity index (χ1n) is 11.8. The fourth-order valence-electron chi connectivity index (χ4n) is 4.22. The summed E-state index contributed by atoms with van der Waals surface area (Å²) >= 11 is 0. The first-order valence-corrected chi connectivity index (χ1v) is 11.8. The summed E-state index contributed by atoms with van der Waals surface area (Å²) in [6, 6.07) is 15.5. The molecule has 2 heterocycles. The Morgan fingerprint density at radius 2 is 1.94 bits per heavy atom. The topological polar surface area (TPSA) is 68.0 Å². The van der Waals surface area contributed by atoms with Crippen molar-refractivity contribution in [1.29, 1.82) is 0 Å². The zero-order chi connectivity index (χ0) is 24.1. The molecular formula is C27H33N3O4. The number of benzene rings is 2. The number of methoxy groups -OCH3 is 1. The summed E-state index contributed by atoms with van der Waals surface area (Å²) in [5.74, 6) is 1.33. The van der Waals surface area contributed by atoms with Crippen molar-refractivity contribution in [3.05, 3.63) is 65.2 Å². The minimum absolute atomic E-state index is 0.0245. The molecule has 34 heavy (non-hydrogen) atoms. The molecular weight excluding hydrogens is 430 g/mol. The minimum Gasteiger partial charge on any atom is -0.497 e. The van der Waals surface area contributed by atoms with Crippen molar-refractivity contribution in [2.24, 2.45) is 0 Å². The summed E-state index contributed by atoms with van der Waals surface area (Å²) in [5.41, 5.74) is 4.42. The molecule has 180 valence electrons. The van der Waals surface area contributed by atoms with Crippen molar-refractivity contribution in [2.45, 2.75) is 39.8 Å². The third-order valence-corrected chi connectivity index (χ3v) is 6.39. The van der Waals surface area contributed by atoms with Gasteiger partial charge >= 0.3 is 0 Å². The molecule has 1 aromatic heterocycles. The molecule has 0 aliphatic carbocycles. The van der Waals surface area contributed by atoms with Crippen molar-refractivity contribution < 1.29 is 18.8 Å². The predicted octanol–water partition coefficient (Wildman–Crippen LogP) is 4.94. The zero-order valence-corrected chi connectivity index (χ0v) is 20.4. The number of nitrogens with zero attached hydrogens (tertiary/aromatic N) is 3. The molecule has 0 bridgehead atoms. The van der Waals surface area contributed by atoms with Gasteiger partial charge in [-0.05, 0) is 44.5 Å². The number of carbonyl (C=O) groups is 1. The van der Waals surface area contributed by atoms with Gasteiger partial charge in [0.15, 0.2) is 0 Å². The van der Waals surface area contributed by atoms with Gasteiger partial charge in [0.25, 0.3) is 5.91 Å². The average molecular weight is 464 g/mol. The highest BCUT2D eigenvalue weighted by Crippen LogP contribution is 2.34. The maximum absolute atomic E-state index is 13.7. The van der Waals surface area contributed by atoms with Crippen LogP contribution >= 0.6 is 0 Å². The lowest BCUT2D eigenvalue weighted by Crippen LogP contribution is -2.39. The molecule has 0 spiro atoms. The van der Waals surface area contributed by atoms with Gasteiger partial charge in [0.1, 0.15) is 11.4 Å². The van der Waals surface area contributed by atoms with Crippen molar-refractivity contribution >= 4 is 11.8 Å². The van der Waals surface area contributed by atoms with Crippen molar-refractivity contribution in [3.63, 3.8) is 0 Å². The number of ether oxygens (including phenoxy) is 2. The Labute approximate surface area is 201 Å². The Hall–Kier alpha value is -3.32. The van der Waals surface area contributed by atoms with Crippen molar-refractivity contribution in [3.8, 4) is 17.0 Å². The van der Waals surface area contributed by atoms with E-state index in [0.29, 0.717) is 37.0 Å². The van der Waals surface area contributed by atoms with Crippen LogP contribution in [0.2, 0.25) is 0 Å². The fraction of sp³-hybridized carbons (Fsp3) is 0.407. The Morgan fingerprint density at radius 1 is 1.18 bits per heavy atom. The van der Waals surface area contributed by atoms with Crippen LogP contribution in [-0.2, 0) is 11.3 Å². The Balaban J connectivity index is 1.76. The highest BCUT2D eigenvalue weighted by molar-refractivity contribution is 5.95. The van der Waals surface area contributed by atoms with Gasteiger partial charge in [0, 0.05) is 30.3 Å². The van der Waals surface area contributed by atoms with Crippen LogP contribution in [0.5, 0.6) is 5.75 Å². The van der Waals surface area contributed by atoms with E-state index in [0.717, 1.165) is 41.9 Å². The van der Waals surface area contributed by atoms with Gasteiger partial charge in [-0.2, -0.15) is 0 Å². The first-order chi connectivity index (χ1) is 16.5. The smallest absolute Gasteiger partial charge is 0.254 e. The van der Waals surface area contributed by atoms with Crippen LogP contribution in [0.3, 0.4) is 0 Å². The van der Waals surface area contributed by atoms with Gasteiger partial charge < -0.3 is 23.8 Å². The Kier molecular flexibility index (Phi) is 7.53. The minimum atomic E-state index is -0.0439. The lowest BCUT2D eigenvalue weighted by Gasteiger charge is -2.31. The molecule has 1 aliphatic heterocycles. The van der Waals surface area contributed by atoms with E-state index in [2.05, 4.69) is 43.0 Å². The number of carbonyl (C=O) groups excluding carboxylic acids is 1. The van der Waals surface area contributed by atoms with Crippen molar-refractivity contribution in [1.82, 2.24) is 10.1 Å². The van der Waals surface area contributed by atoms with E-state index in [1.54, 1.807) is 13.2 Å². The molecule has 0 unspecified atom stereocenters. The van der Waals surface area contributed by atoms with Crippen LogP contribution < -0.4 is 9.64 Å². The lowest BCUT2D eigenvalue weighted by atomic mass is 10.0. The molecule has 1 aliphatic rings. The van der Waals surface area contributed by atoms with Crippen LogP contribution in [0.15, 0.2) is 53.1 Å². The van der Waals surface area contributed by atoms with Crippen LogP contribution in [-0.4, -0.2) is 55.4 Å². The SMILES string of the molecule is CC[C@H](C)N(Cc1c(-c2cccc(C)c2)noc1N1CCOCC1)C(=O)c1cccc(OC)c1. The number of hydrogen-bond donors (Lipinski definition) is 0. The lowest BCUT2D eigenvalue weighted by molar-refractivity contribution is 0.0671. The van der Waals surface area contributed by atoms with E-state index < -0.39 is 0 Å². The maximum atomic E-state index is 13.7. The largest absolute Gasteiger partial charge is 0.497 e.